The molecule has 2 rings (SSSR count). The highest BCUT2D eigenvalue weighted by atomic mass is 32.2. The molecule has 2 N–H and O–H groups in total. The van der Waals surface area contributed by atoms with Gasteiger partial charge in [-0.25, -0.2) is 12.8 Å². The van der Waals surface area contributed by atoms with Gasteiger partial charge in [-0.05, 0) is 36.8 Å². The molecule has 0 aliphatic rings. The third kappa shape index (κ3) is 4.87. The van der Waals surface area contributed by atoms with Crippen LogP contribution in [0.2, 0.25) is 0 Å². The Hall–Kier alpha value is -2.25. The summed E-state index contributed by atoms with van der Waals surface area (Å²) in [5, 5.41) is 2.66. The van der Waals surface area contributed by atoms with Crippen LogP contribution in [0.15, 0.2) is 59.5 Å². The molecule has 122 valence electrons. The van der Waals surface area contributed by atoms with E-state index in [1.54, 1.807) is 0 Å². The number of carbonyl (C=O) groups excluding carboxylic acids is 1. The van der Waals surface area contributed by atoms with Gasteiger partial charge in [-0.1, -0.05) is 30.3 Å². The van der Waals surface area contributed by atoms with E-state index in [0.29, 0.717) is 6.54 Å². The molecule has 23 heavy (non-hydrogen) atoms. The maximum atomic E-state index is 12.8. The Morgan fingerprint density at radius 1 is 1.09 bits per heavy atom. The summed E-state index contributed by atoms with van der Waals surface area (Å²) >= 11 is 0. The Bertz CT molecular complexity index is 762. The average Bonchev–Trinajstić information content (AvgIpc) is 2.53. The smallest absolute Gasteiger partial charge is 0.241 e. The van der Waals surface area contributed by atoms with Crippen LogP contribution in [0.1, 0.15) is 12.5 Å². The molecular weight excluding hydrogens is 319 g/mol. The summed E-state index contributed by atoms with van der Waals surface area (Å²) in [6, 6.07) is 12.7. The molecule has 2 aromatic carbocycles. The normalized spacial score (nSPS) is 12.6. The van der Waals surface area contributed by atoms with Crippen LogP contribution in [0.3, 0.4) is 0 Å². The van der Waals surface area contributed by atoms with Crippen molar-refractivity contribution in [2.75, 3.05) is 0 Å². The summed E-state index contributed by atoms with van der Waals surface area (Å²) in [6.07, 6.45) is 0. The predicted octanol–water partition coefficient (Wildman–Crippen LogP) is 1.81. The van der Waals surface area contributed by atoms with Crippen LogP contribution in [0, 0.1) is 5.82 Å². The van der Waals surface area contributed by atoms with Crippen molar-refractivity contribution < 1.29 is 17.6 Å². The van der Waals surface area contributed by atoms with E-state index in [4.69, 9.17) is 0 Å². The fraction of sp³-hybridized carbons (Fsp3) is 0.188. The largest absolute Gasteiger partial charge is 0.351 e. The SMILES string of the molecule is C[C@H](NS(=O)(=O)c1ccc(F)cc1)C(=O)NCc1ccccc1. The lowest BCUT2D eigenvalue weighted by Crippen LogP contribution is -2.44. The van der Waals surface area contributed by atoms with Crippen LogP contribution in [0.5, 0.6) is 0 Å². The maximum Gasteiger partial charge on any atom is 0.241 e. The third-order valence-corrected chi connectivity index (χ3v) is 4.72. The molecule has 2 aromatic rings. The first-order chi connectivity index (χ1) is 10.9. The molecule has 0 saturated carbocycles. The number of nitrogens with one attached hydrogen (secondary N) is 2. The van der Waals surface area contributed by atoms with Crippen molar-refractivity contribution in [3.63, 3.8) is 0 Å². The highest BCUT2D eigenvalue weighted by molar-refractivity contribution is 7.89. The number of rotatable bonds is 6. The molecule has 0 spiro atoms. The highest BCUT2D eigenvalue weighted by Crippen LogP contribution is 2.10. The number of sulfonamides is 1. The lowest BCUT2D eigenvalue weighted by Gasteiger charge is -2.14. The van der Waals surface area contributed by atoms with Crippen molar-refractivity contribution in [2.45, 2.75) is 24.4 Å². The predicted molar refractivity (Wildman–Crippen MR) is 84.5 cm³/mol. The molecule has 5 nitrogen and oxygen atoms in total. The summed E-state index contributed by atoms with van der Waals surface area (Å²) in [6.45, 7) is 1.75. The van der Waals surface area contributed by atoms with Gasteiger partial charge in [0.15, 0.2) is 0 Å². The molecule has 1 atom stereocenters. The number of carbonyl (C=O) groups is 1. The van der Waals surface area contributed by atoms with E-state index >= 15 is 0 Å². The van der Waals surface area contributed by atoms with Crippen molar-refractivity contribution in [2.24, 2.45) is 0 Å². The highest BCUT2D eigenvalue weighted by Gasteiger charge is 2.21. The van der Waals surface area contributed by atoms with E-state index in [0.717, 1.165) is 29.8 Å². The first-order valence-corrected chi connectivity index (χ1v) is 8.46. The van der Waals surface area contributed by atoms with Crippen molar-refractivity contribution in [3.05, 3.63) is 66.0 Å². The first-order valence-electron chi connectivity index (χ1n) is 6.98. The topological polar surface area (TPSA) is 75.3 Å². The van der Waals surface area contributed by atoms with Gasteiger partial charge in [0.05, 0.1) is 10.9 Å². The van der Waals surface area contributed by atoms with Crippen LogP contribution < -0.4 is 10.0 Å². The molecule has 0 radical (unpaired) electrons. The Morgan fingerprint density at radius 2 is 1.70 bits per heavy atom. The van der Waals surface area contributed by atoms with Crippen LogP contribution in [-0.4, -0.2) is 20.4 Å². The second-order valence-corrected chi connectivity index (χ2v) is 6.71. The minimum atomic E-state index is -3.88. The monoisotopic (exact) mass is 336 g/mol. The fourth-order valence-electron chi connectivity index (χ4n) is 1.91. The Kier molecular flexibility index (Phi) is 5.46. The Labute approximate surface area is 134 Å². The zero-order chi connectivity index (χ0) is 16.9. The van der Waals surface area contributed by atoms with E-state index < -0.39 is 27.8 Å². The molecule has 0 heterocycles. The molecular formula is C16H17FN2O3S. The molecule has 0 saturated heterocycles. The van der Waals surface area contributed by atoms with Gasteiger partial charge in [0.25, 0.3) is 0 Å². The standard InChI is InChI=1S/C16H17FN2O3S/c1-12(16(20)18-11-13-5-3-2-4-6-13)19-23(21,22)15-9-7-14(17)8-10-15/h2-10,12,19H,11H2,1H3,(H,18,20)/t12-/m0/s1. The molecule has 0 bridgehead atoms. The molecule has 0 aliphatic heterocycles. The quantitative estimate of drug-likeness (QED) is 0.845. The minimum absolute atomic E-state index is 0.0957. The lowest BCUT2D eigenvalue weighted by atomic mass is 10.2. The summed E-state index contributed by atoms with van der Waals surface area (Å²) in [4.78, 5) is 11.9. The summed E-state index contributed by atoms with van der Waals surface area (Å²) < 4.78 is 39.4. The summed E-state index contributed by atoms with van der Waals surface area (Å²) in [5.41, 5.74) is 0.912. The second kappa shape index (κ2) is 7.34. The van der Waals surface area contributed by atoms with Crippen LogP contribution in [-0.2, 0) is 21.4 Å². The van der Waals surface area contributed by atoms with Gasteiger partial charge in [0, 0.05) is 6.54 Å². The van der Waals surface area contributed by atoms with Crippen molar-refractivity contribution in [1.29, 1.82) is 0 Å². The first kappa shape index (κ1) is 17.1. The molecule has 7 heteroatoms. The van der Waals surface area contributed by atoms with Crippen molar-refractivity contribution >= 4 is 15.9 Å². The van der Waals surface area contributed by atoms with E-state index in [1.807, 2.05) is 30.3 Å². The zero-order valence-corrected chi connectivity index (χ0v) is 13.3. The third-order valence-electron chi connectivity index (χ3n) is 3.16. The fourth-order valence-corrected chi connectivity index (χ4v) is 3.11. The van der Waals surface area contributed by atoms with Gasteiger partial charge < -0.3 is 5.32 Å². The maximum absolute atomic E-state index is 12.8. The van der Waals surface area contributed by atoms with Crippen LogP contribution in [0.4, 0.5) is 4.39 Å². The van der Waals surface area contributed by atoms with Gasteiger partial charge in [-0.3, -0.25) is 4.79 Å². The molecule has 0 aliphatic carbocycles. The van der Waals surface area contributed by atoms with Gasteiger partial charge >= 0.3 is 0 Å². The second-order valence-electron chi connectivity index (χ2n) is 5.00. The van der Waals surface area contributed by atoms with Crippen molar-refractivity contribution in [3.8, 4) is 0 Å². The summed E-state index contributed by atoms with van der Waals surface area (Å²) in [5.74, 6) is -0.975. The van der Waals surface area contributed by atoms with E-state index in [9.17, 15) is 17.6 Å². The number of halogens is 1. The minimum Gasteiger partial charge on any atom is -0.351 e. The number of benzene rings is 2. The molecule has 0 aromatic heterocycles. The van der Waals surface area contributed by atoms with E-state index in [1.165, 1.54) is 6.92 Å². The van der Waals surface area contributed by atoms with Gasteiger partial charge in [0.1, 0.15) is 5.82 Å². The van der Waals surface area contributed by atoms with E-state index in [-0.39, 0.29) is 4.90 Å². The van der Waals surface area contributed by atoms with Gasteiger partial charge in [0.2, 0.25) is 15.9 Å². The average molecular weight is 336 g/mol. The van der Waals surface area contributed by atoms with Crippen LogP contribution >= 0.6 is 0 Å². The van der Waals surface area contributed by atoms with Gasteiger partial charge in [-0.2, -0.15) is 4.72 Å². The Balaban J connectivity index is 1.96. The molecule has 0 fully saturated rings. The van der Waals surface area contributed by atoms with Crippen molar-refractivity contribution in [1.82, 2.24) is 10.0 Å². The van der Waals surface area contributed by atoms with Crippen LogP contribution in [0.25, 0.3) is 0 Å². The number of hydrogen-bond acceptors (Lipinski definition) is 3. The zero-order valence-electron chi connectivity index (χ0n) is 12.5. The number of hydrogen-bond donors (Lipinski definition) is 2. The Morgan fingerprint density at radius 3 is 2.30 bits per heavy atom. The van der Waals surface area contributed by atoms with E-state index in [2.05, 4.69) is 10.0 Å². The van der Waals surface area contributed by atoms with Gasteiger partial charge in [-0.15, -0.1) is 0 Å². The summed E-state index contributed by atoms with van der Waals surface area (Å²) in [7, 11) is -3.88. The molecule has 0 unspecified atom stereocenters. The lowest BCUT2D eigenvalue weighted by molar-refractivity contribution is -0.122. The number of amides is 1. The molecule has 1 amide bonds.